The van der Waals surface area contributed by atoms with Gasteiger partial charge in [0.05, 0.1) is 5.92 Å². The Morgan fingerprint density at radius 2 is 1.95 bits per heavy atom. The summed E-state index contributed by atoms with van der Waals surface area (Å²) in [7, 11) is 0. The van der Waals surface area contributed by atoms with Gasteiger partial charge in [-0.2, -0.15) is 0 Å². The second-order valence-corrected chi connectivity index (χ2v) is 6.08. The maximum Gasteiger partial charge on any atom is 0.144 e. The van der Waals surface area contributed by atoms with Crippen molar-refractivity contribution in [3.63, 3.8) is 0 Å². The molecular weight excluding hydrogens is 260 g/mol. The Balaban J connectivity index is 2.13. The highest BCUT2D eigenvalue weighted by molar-refractivity contribution is 6.30. The number of carbonyl (C=O) groups excluding carboxylic acids is 1. The zero-order valence-corrected chi connectivity index (χ0v) is 12.2. The first-order valence-corrected chi connectivity index (χ1v) is 7.12. The summed E-state index contributed by atoms with van der Waals surface area (Å²) in [6.07, 6.45) is 0. The van der Waals surface area contributed by atoms with E-state index in [1.807, 2.05) is 38.1 Å². The maximum atomic E-state index is 12.4. The van der Waals surface area contributed by atoms with Crippen LogP contribution in [0.2, 0.25) is 5.02 Å². The topological polar surface area (TPSA) is 46.3 Å². The summed E-state index contributed by atoms with van der Waals surface area (Å²) in [4.78, 5) is 14.6. The van der Waals surface area contributed by atoms with Gasteiger partial charge in [0.1, 0.15) is 5.78 Å². The van der Waals surface area contributed by atoms with E-state index in [2.05, 4.69) is 4.90 Å². The number of likely N-dealkylation sites (tertiary alicyclic amines) is 1. The molecule has 1 aliphatic rings. The van der Waals surface area contributed by atoms with Crippen LogP contribution in [0.1, 0.15) is 25.3 Å². The van der Waals surface area contributed by atoms with Crippen LogP contribution in [0.3, 0.4) is 0 Å². The van der Waals surface area contributed by atoms with Crippen LogP contribution in [0.25, 0.3) is 0 Å². The lowest BCUT2D eigenvalue weighted by molar-refractivity contribution is -0.124. The Labute approximate surface area is 119 Å². The molecule has 1 aliphatic heterocycles. The van der Waals surface area contributed by atoms with Crippen LogP contribution < -0.4 is 5.73 Å². The molecule has 0 aliphatic carbocycles. The van der Waals surface area contributed by atoms with Gasteiger partial charge in [-0.05, 0) is 17.7 Å². The van der Waals surface area contributed by atoms with Crippen molar-refractivity contribution in [3.05, 3.63) is 34.9 Å². The molecule has 1 aromatic rings. The molecule has 0 saturated carbocycles. The molecule has 19 heavy (non-hydrogen) atoms. The zero-order valence-electron chi connectivity index (χ0n) is 11.5. The summed E-state index contributed by atoms with van der Waals surface area (Å²) in [6.45, 7) is 6.43. The maximum absolute atomic E-state index is 12.4. The molecule has 1 fully saturated rings. The SMILES string of the molecule is CC(C)C(=O)[C@@H](CN1CC(N)C1)c1ccc(Cl)cc1. The number of halogens is 1. The van der Waals surface area contributed by atoms with Gasteiger partial charge in [0.25, 0.3) is 0 Å². The molecule has 1 saturated heterocycles. The van der Waals surface area contributed by atoms with E-state index in [1.54, 1.807) is 0 Å². The largest absolute Gasteiger partial charge is 0.325 e. The molecule has 0 aromatic heterocycles. The number of hydrogen-bond acceptors (Lipinski definition) is 3. The van der Waals surface area contributed by atoms with Crippen LogP contribution in [-0.2, 0) is 4.79 Å². The van der Waals surface area contributed by atoms with Gasteiger partial charge in [-0.15, -0.1) is 0 Å². The number of carbonyl (C=O) groups is 1. The molecule has 2 rings (SSSR count). The Hall–Kier alpha value is -0.900. The average molecular weight is 281 g/mol. The molecule has 3 nitrogen and oxygen atoms in total. The summed E-state index contributed by atoms with van der Waals surface area (Å²) in [5, 5.41) is 0.700. The molecule has 0 unspecified atom stereocenters. The van der Waals surface area contributed by atoms with Crippen molar-refractivity contribution in [3.8, 4) is 0 Å². The van der Waals surface area contributed by atoms with Crippen molar-refractivity contribution in [2.75, 3.05) is 19.6 Å². The molecule has 0 spiro atoms. The molecule has 0 bridgehead atoms. The first-order chi connectivity index (χ1) is 8.97. The highest BCUT2D eigenvalue weighted by atomic mass is 35.5. The summed E-state index contributed by atoms with van der Waals surface area (Å²) in [5.74, 6) is 0.239. The quantitative estimate of drug-likeness (QED) is 0.900. The highest BCUT2D eigenvalue weighted by Crippen LogP contribution is 2.25. The first-order valence-electron chi connectivity index (χ1n) is 6.74. The molecule has 1 heterocycles. The molecule has 2 N–H and O–H groups in total. The van der Waals surface area contributed by atoms with Crippen molar-refractivity contribution in [1.82, 2.24) is 4.90 Å². The van der Waals surface area contributed by atoms with Crippen LogP contribution >= 0.6 is 11.6 Å². The van der Waals surface area contributed by atoms with Gasteiger partial charge in [0.2, 0.25) is 0 Å². The molecule has 0 amide bonds. The Morgan fingerprint density at radius 3 is 2.42 bits per heavy atom. The fourth-order valence-corrected chi connectivity index (χ4v) is 2.60. The summed E-state index contributed by atoms with van der Waals surface area (Å²) < 4.78 is 0. The third-order valence-corrected chi connectivity index (χ3v) is 3.86. The normalized spacial score (nSPS) is 18.4. The molecular formula is C15H21ClN2O. The van der Waals surface area contributed by atoms with E-state index in [9.17, 15) is 4.79 Å². The number of hydrogen-bond donors (Lipinski definition) is 1. The lowest BCUT2D eigenvalue weighted by Crippen LogP contribution is -2.57. The second kappa shape index (κ2) is 6.04. The van der Waals surface area contributed by atoms with Gasteiger partial charge >= 0.3 is 0 Å². The summed E-state index contributed by atoms with van der Waals surface area (Å²) in [5.41, 5.74) is 6.84. The van der Waals surface area contributed by atoms with Crippen LogP contribution in [0.4, 0.5) is 0 Å². The van der Waals surface area contributed by atoms with Crippen LogP contribution in [0, 0.1) is 5.92 Å². The first kappa shape index (κ1) is 14.5. The van der Waals surface area contributed by atoms with E-state index in [0.29, 0.717) is 5.02 Å². The smallest absolute Gasteiger partial charge is 0.144 e. The highest BCUT2D eigenvalue weighted by Gasteiger charge is 2.30. The van der Waals surface area contributed by atoms with E-state index >= 15 is 0 Å². The Kier molecular flexibility index (Phi) is 4.61. The van der Waals surface area contributed by atoms with Crippen LogP contribution in [0.5, 0.6) is 0 Å². The summed E-state index contributed by atoms with van der Waals surface area (Å²) >= 11 is 5.91. The number of Topliss-reactive ketones (excluding diaryl/α,β-unsaturated/α-hetero) is 1. The van der Waals surface area contributed by atoms with E-state index < -0.39 is 0 Å². The van der Waals surface area contributed by atoms with Crippen molar-refractivity contribution in [2.24, 2.45) is 11.7 Å². The zero-order chi connectivity index (χ0) is 14.0. The molecule has 104 valence electrons. The minimum atomic E-state index is -0.0789. The number of nitrogens with two attached hydrogens (primary N) is 1. The van der Waals surface area contributed by atoms with E-state index in [1.165, 1.54) is 0 Å². The third-order valence-electron chi connectivity index (χ3n) is 3.61. The Morgan fingerprint density at radius 1 is 1.37 bits per heavy atom. The molecule has 1 aromatic carbocycles. The lowest BCUT2D eigenvalue weighted by Gasteiger charge is -2.39. The number of rotatable bonds is 5. The van der Waals surface area contributed by atoms with Crippen molar-refractivity contribution >= 4 is 17.4 Å². The summed E-state index contributed by atoms with van der Waals surface area (Å²) in [6, 6.07) is 7.86. The van der Waals surface area contributed by atoms with Crippen LogP contribution in [0.15, 0.2) is 24.3 Å². The second-order valence-electron chi connectivity index (χ2n) is 5.64. The Bertz CT molecular complexity index is 438. The third kappa shape index (κ3) is 3.56. The van der Waals surface area contributed by atoms with Gasteiger partial charge in [-0.1, -0.05) is 37.6 Å². The van der Waals surface area contributed by atoms with Gasteiger partial charge in [0, 0.05) is 36.6 Å². The fraction of sp³-hybridized carbons (Fsp3) is 0.533. The van der Waals surface area contributed by atoms with Gasteiger partial charge < -0.3 is 5.73 Å². The predicted octanol–water partition coefficient (Wildman–Crippen LogP) is 2.29. The van der Waals surface area contributed by atoms with Crippen molar-refractivity contribution in [1.29, 1.82) is 0 Å². The number of ketones is 1. The average Bonchev–Trinajstić information content (AvgIpc) is 2.33. The fourth-order valence-electron chi connectivity index (χ4n) is 2.47. The minimum Gasteiger partial charge on any atom is -0.325 e. The number of benzene rings is 1. The van der Waals surface area contributed by atoms with E-state index in [-0.39, 0.29) is 23.7 Å². The van der Waals surface area contributed by atoms with Crippen molar-refractivity contribution < 1.29 is 4.79 Å². The van der Waals surface area contributed by atoms with E-state index in [4.69, 9.17) is 17.3 Å². The molecule has 1 atom stereocenters. The monoisotopic (exact) mass is 280 g/mol. The minimum absolute atomic E-state index is 0.0376. The van der Waals surface area contributed by atoms with Gasteiger partial charge in [-0.25, -0.2) is 0 Å². The lowest BCUT2D eigenvalue weighted by atomic mass is 9.87. The standard InChI is InChI=1S/C15H21ClN2O/c1-10(2)15(19)14(9-18-7-13(17)8-18)11-3-5-12(16)6-4-11/h3-6,10,13-14H,7-9,17H2,1-2H3/t14-/m0/s1. The van der Waals surface area contributed by atoms with Gasteiger partial charge in [-0.3, -0.25) is 9.69 Å². The molecule has 4 heteroatoms. The van der Waals surface area contributed by atoms with Gasteiger partial charge in [0.15, 0.2) is 0 Å². The van der Waals surface area contributed by atoms with Crippen LogP contribution in [-0.4, -0.2) is 36.4 Å². The number of nitrogens with zero attached hydrogens (tertiary/aromatic N) is 1. The molecule has 0 radical (unpaired) electrons. The predicted molar refractivity (Wildman–Crippen MR) is 78.5 cm³/mol. The van der Waals surface area contributed by atoms with Crippen molar-refractivity contribution in [2.45, 2.75) is 25.8 Å². The van der Waals surface area contributed by atoms with E-state index in [0.717, 1.165) is 25.2 Å².